The van der Waals surface area contributed by atoms with Gasteiger partial charge >= 0.3 is 5.97 Å². The average Bonchev–Trinajstić information content (AvgIpc) is 3.07. The zero-order valence-electron chi connectivity index (χ0n) is 12.7. The van der Waals surface area contributed by atoms with Crippen LogP contribution in [0.2, 0.25) is 0 Å². The van der Waals surface area contributed by atoms with Gasteiger partial charge in [-0.05, 0) is 11.6 Å². The van der Waals surface area contributed by atoms with E-state index in [1.807, 2.05) is 30.3 Å². The summed E-state index contributed by atoms with van der Waals surface area (Å²) in [7, 11) is 2.74. The minimum absolute atomic E-state index is 0.0514. The molecule has 23 heavy (non-hydrogen) atoms. The molecule has 2 heterocycles. The first-order chi connectivity index (χ1) is 11.1. The highest BCUT2D eigenvalue weighted by Crippen LogP contribution is 2.28. The van der Waals surface area contributed by atoms with Crippen LogP contribution in [0.4, 0.5) is 0 Å². The third-order valence-electron chi connectivity index (χ3n) is 3.61. The predicted molar refractivity (Wildman–Crippen MR) is 82.2 cm³/mol. The fraction of sp³-hybridized carbons (Fsp3) is 0.250. The fourth-order valence-electron chi connectivity index (χ4n) is 2.40. The maximum atomic E-state index is 12.3. The Morgan fingerprint density at radius 2 is 2.09 bits per heavy atom. The maximum absolute atomic E-state index is 12.3. The molecule has 3 rings (SSSR count). The van der Waals surface area contributed by atoms with Gasteiger partial charge in [-0.3, -0.25) is 4.79 Å². The molecule has 1 aliphatic heterocycles. The van der Waals surface area contributed by atoms with Crippen LogP contribution in [-0.4, -0.2) is 28.6 Å². The quantitative estimate of drug-likeness (QED) is 0.801. The van der Waals surface area contributed by atoms with Gasteiger partial charge in [-0.2, -0.15) is 5.10 Å². The summed E-state index contributed by atoms with van der Waals surface area (Å²) in [5.74, 6) is -0.610. The van der Waals surface area contributed by atoms with Crippen LogP contribution in [0.5, 0.6) is 0 Å². The number of hydrogen-bond acceptors (Lipinski definition) is 6. The Balaban J connectivity index is 1.92. The van der Waals surface area contributed by atoms with Gasteiger partial charge in [-0.25, -0.2) is 9.48 Å². The number of ether oxygens (including phenoxy) is 1. The first-order valence-electron chi connectivity index (χ1n) is 7.05. The number of hydrogen-bond donors (Lipinski definition) is 0. The van der Waals surface area contributed by atoms with E-state index in [2.05, 4.69) is 15.0 Å². The highest BCUT2D eigenvalue weighted by molar-refractivity contribution is 6.02. The summed E-state index contributed by atoms with van der Waals surface area (Å²) in [6.45, 7) is 0. The lowest BCUT2D eigenvalue weighted by molar-refractivity contribution is 0.0591. The first kappa shape index (κ1) is 15.0. The van der Waals surface area contributed by atoms with Crippen molar-refractivity contribution in [2.24, 2.45) is 12.2 Å². The van der Waals surface area contributed by atoms with Crippen molar-refractivity contribution in [1.82, 2.24) is 9.78 Å². The van der Waals surface area contributed by atoms with Crippen LogP contribution in [0, 0.1) is 0 Å². The number of aromatic nitrogens is 2. The van der Waals surface area contributed by atoms with Crippen molar-refractivity contribution >= 4 is 11.7 Å². The molecule has 0 saturated carbocycles. The van der Waals surface area contributed by atoms with Crippen molar-refractivity contribution in [3.05, 3.63) is 63.6 Å². The Kier molecular flexibility index (Phi) is 3.92. The number of esters is 1. The Hall–Kier alpha value is -2.96. The lowest BCUT2D eigenvalue weighted by atomic mass is 10.0. The molecule has 2 aromatic rings. The van der Waals surface area contributed by atoms with Crippen LogP contribution >= 0.6 is 0 Å². The molecule has 118 valence electrons. The molecule has 0 aliphatic carbocycles. The molecule has 7 heteroatoms. The number of carbonyl (C=O) groups excluding carboxylic acids is 1. The summed E-state index contributed by atoms with van der Waals surface area (Å²) in [5.41, 5.74) is 1.47. The van der Waals surface area contributed by atoms with E-state index in [0.29, 0.717) is 17.7 Å². The van der Waals surface area contributed by atoms with Gasteiger partial charge in [0, 0.05) is 13.5 Å². The van der Waals surface area contributed by atoms with Gasteiger partial charge < -0.3 is 9.57 Å². The zero-order chi connectivity index (χ0) is 16.4. The second-order valence-electron chi connectivity index (χ2n) is 5.11. The Labute approximate surface area is 132 Å². The second kappa shape index (κ2) is 6.04. The number of nitrogens with zero attached hydrogens (tertiary/aromatic N) is 3. The number of carbonyl (C=O) groups is 1. The number of aryl methyl sites for hydroxylation is 1. The third-order valence-corrected chi connectivity index (χ3v) is 3.61. The number of benzene rings is 1. The molecule has 0 spiro atoms. The van der Waals surface area contributed by atoms with E-state index in [9.17, 15) is 9.59 Å². The summed E-state index contributed by atoms with van der Waals surface area (Å²) in [5, 5.41) is 7.90. The minimum Gasteiger partial charge on any atom is -0.464 e. The Morgan fingerprint density at radius 1 is 1.35 bits per heavy atom. The van der Waals surface area contributed by atoms with Gasteiger partial charge in [-0.15, -0.1) is 0 Å². The predicted octanol–water partition coefficient (Wildman–Crippen LogP) is 1.43. The Morgan fingerprint density at radius 3 is 2.78 bits per heavy atom. The molecule has 1 aromatic carbocycles. The summed E-state index contributed by atoms with van der Waals surface area (Å²) >= 11 is 0. The van der Waals surface area contributed by atoms with Gasteiger partial charge in [0.1, 0.15) is 0 Å². The van der Waals surface area contributed by atoms with E-state index in [4.69, 9.17) is 4.84 Å². The van der Waals surface area contributed by atoms with E-state index in [1.165, 1.54) is 20.2 Å². The van der Waals surface area contributed by atoms with Crippen molar-refractivity contribution in [2.45, 2.75) is 12.5 Å². The van der Waals surface area contributed by atoms with Gasteiger partial charge in [0.2, 0.25) is 0 Å². The third kappa shape index (κ3) is 2.85. The molecule has 0 radical (unpaired) electrons. The second-order valence-corrected chi connectivity index (χ2v) is 5.11. The van der Waals surface area contributed by atoms with Crippen molar-refractivity contribution < 1.29 is 14.4 Å². The van der Waals surface area contributed by atoms with E-state index < -0.39 is 5.97 Å². The van der Waals surface area contributed by atoms with E-state index >= 15 is 0 Å². The average molecular weight is 313 g/mol. The van der Waals surface area contributed by atoms with Crippen molar-refractivity contribution in [3.63, 3.8) is 0 Å². The molecule has 0 unspecified atom stereocenters. The number of oxime groups is 1. The van der Waals surface area contributed by atoms with Gasteiger partial charge in [-0.1, -0.05) is 35.5 Å². The molecule has 0 N–H and O–H groups in total. The smallest absolute Gasteiger partial charge is 0.358 e. The SMILES string of the molecule is COC(=O)c1cc(C2=NO[C@@H](c3ccccc3)C2)c(=O)n(C)n1. The van der Waals surface area contributed by atoms with E-state index in [-0.39, 0.29) is 17.4 Å². The molecular weight excluding hydrogens is 298 g/mol. The monoisotopic (exact) mass is 313 g/mol. The standard InChI is InChI=1S/C16H15N3O4/c1-19-15(20)11(8-13(17-19)16(21)22-2)12-9-14(23-18-12)10-6-4-3-5-7-10/h3-8,14H,9H2,1-2H3/t14-/m1/s1. The highest BCUT2D eigenvalue weighted by Gasteiger charge is 2.27. The van der Waals surface area contributed by atoms with E-state index in [1.54, 1.807) is 0 Å². The molecule has 0 amide bonds. The number of methoxy groups -OCH3 is 1. The summed E-state index contributed by atoms with van der Waals surface area (Å²) < 4.78 is 5.75. The topological polar surface area (TPSA) is 82.8 Å². The molecule has 1 aromatic heterocycles. The highest BCUT2D eigenvalue weighted by atomic mass is 16.6. The zero-order valence-corrected chi connectivity index (χ0v) is 12.7. The van der Waals surface area contributed by atoms with Crippen LogP contribution < -0.4 is 5.56 Å². The van der Waals surface area contributed by atoms with Gasteiger partial charge in [0.25, 0.3) is 5.56 Å². The lowest BCUT2D eigenvalue weighted by Gasteiger charge is -2.08. The summed E-state index contributed by atoms with van der Waals surface area (Å²) in [4.78, 5) is 29.4. The van der Waals surface area contributed by atoms with Gasteiger partial charge in [0.15, 0.2) is 11.8 Å². The van der Waals surface area contributed by atoms with Gasteiger partial charge in [0.05, 0.1) is 18.4 Å². The van der Waals surface area contributed by atoms with Crippen LogP contribution in [0.15, 0.2) is 46.3 Å². The Bertz CT molecular complexity index is 827. The van der Waals surface area contributed by atoms with Crippen molar-refractivity contribution in [2.75, 3.05) is 7.11 Å². The van der Waals surface area contributed by atoms with Crippen LogP contribution in [0.25, 0.3) is 0 Å². The minimum atomic E-state index is -0.610. The summed E-state index contributed by atoms with van der Waals surface area (Å²) in [6.07, 6.45) is 0.204. The van der Waals surface area contributed by atoms with Crippen molar-refractivity contribution in [3.8, 4) is 0 Å². The normalized spacial score (nSPS) is 16.6. The first-order valence-corrected chi connectivity index (χ1v) is 7.05. The number of rotatable bonds is 3. The molecule has 0 fully saturated rings. The molecule has 1 atom stereocenters. The lowest BCUT2D eigenvalue weighted by Crippen LogP contribution is -2.28. The van der Waals surface area contributed by atoms with Crippen LogP contribution in [0.1, 0.15) is 34.1 Å². The summed E-state index contributed by atoms with van der Waals surface area (Å²) in [6, 6.07) is 11.0. The van der Waals surface area contributed by atoms with E-state index in [0.717, 1.165) is 10.2 Å². The largest absolute Gasteiger partial charge is 0.464 e. The molecular formula is C16H15N3O4. The fourth-order valence-corrected chi connectivity index (χ4v) is 2.40. The molecule has 0 bridgehead atoms. The molecule has 1 aliphatic rings. The van der Waals surface area contributed by atoms with Crippen LogP contribution in [0.3, 0.4) is 0 Å². The molecule has 7 nitrogen and oxygen atoms in total. The maximum Gasteiger partial charge on any atom is 0.358 e. The molecule has 0 saturated heterocycles. The van der Waals surface area contributed by atoms with Crippen molar-refractivity contribution in [1.29, 1.82) is 0 Å². The van der Waals surface area contributed by atoms with Crippen LogP contribution in [-0.2, 0) is 16.6 Å².